The van der Waals surface area contributed by atoms with Gasteiger partial charge in [0.2, 0.25) is 0 Å². The largest absolute Gasteiger partial charge is 0.371 e. The summed E-state index contributed by atoms with van der Waals surface area (Å²) in [5.41, 5.74) is 1.15. The third kappa shape index (κ3) is 3.49. The van der Waals surface area contributed by atoms with Crippen molar-refractivity contribution < 1.29 is 9.53 Å². The summed E-state index contributed by atoms with van der Waals surface area (Å²) < 4.78 is 6.44. The van der Waals surface area contributed by atoms with Gasteiger partial charge in [-0.2, -0.15) is 0 Å². The highest BCUT2D eigenvalue weighted by Gasteiger charge is 2.05. The number of hydrogen-bond acceptors (Lipinski definition) is 3. The molecule has 0 aliphatic heterocycles. The van der Waals surface area contributed by atoms with Crippen molar-refractivity contribution in [2.75, 3.05) is 0 Å². The first-order valence-corrected chi connectivity index (χ1v) is 6.75. The standard InChI is InChI=1S/C13H11BrO2S/c14-12-6-11(17-13(12)7-15)9-16-8-10-4-2-1-3-5-10/h1-7H,8-9H2. The molecule has 0 saturated carbocycles. The average molecular weight is 311 g/mol. The molecular formula is C13H11BrO2S. The minimum absolute atomic E-state index is 0.534. The lowest BCUT2D eigenvalue weighted by Crippen LogP contribution is -1.91. The Morgan fingerprint density at radius 3 is 2.65 bits per heavy atom. The van der Waals surface area contributed by atoms with Crippen molar-refractivity contribution >= 4 is 33.6 Å². The number of thiophene rings is 1. The van der Waals surface area contributed by atoms with Crippen LogP contribution in [0.15, 0.2) is 40.9 Å². The second-order valence-corrected chi connectivity index (χ2v) is 5.54. The molecule has 0 saturated heterocycles. The normalized spacial score (nSPS) is 10.4. The Labute approximate surface area is 112 Å². The smallest absolute Gasteiger partial charge is 0.161 e. The first kappa shape index (κ1) is 12.5. The molecule has 0 radical (unpaired) electrons. The number of carbonyl (C=O) groups is 1. The number of benzene rings is 1. The van der Waals surface area contributed by atoms with E-state index in [-0.39, 0.29) is 0 Å². The van der Waals surface area contributed by atoms with Crippen LogP contribution >= 0.6 is 27.3 Å². The van der Waals surface area contributed by atoms with E-state index < -0.39 is 0 Å². The topological polar surface area (TPSA) is 26.3 Å². The second kappa shape index (κ2) is 6.10. The third-order valence-electron chi connectivity index (χ3n) is 2.23. The zero-order valence-corrected chi connectivity index (χ0v) is 11.5. The molecule has 2 aromatic rings. The maximum Gasteiger partial charge on any atom is 0.161 e. The fraction of sp³-hybridized carbons (Fsp3) is 0.154. The molecule has 88 valence electrons. The summed E-state index contributed by atoms with van der Waals surface area (Å²) >= 11 is 4.79. The van der Waals surface area contributed by atoms with Gasteiger partial charge in [0.1, 0.15) is 0 Å². The average Bonchev–Trinajstić information content (AvgIpc) is 2.71. The van der Waals surface area contributed by atoms with E-state index >= 15 is 0 Å². The molecule has 1 aromatic heterocycles. The van der Waals surface area contributed by atoms with Gasteiger partial charge in [0.15, 0.2) is 6.29 Å². The van der Waals surface area contributed by atoms with Crippen LogP contribution in [-0.2, 0) is 18.0 Å². The van der Waals surface area contributed by atoms with Crippen molar-refractivity contribution in [3.05, 3.63) is 56.2 Å². The monoisotopic (exact) mass is 310 g/mol. The minimum atomic E-state index is 0.534. The number of rotatable bonds is 5. The number of halogens is 1. The van der Waals surface area contributed by atoms with Crippen LogP contribution < -0.4 is 0 Å². The molecule has 0 bridgehead atoms. The molecule has 17 heavy (non-hydrogen) atoms. The van der Waals surface area contributed by atoms with Gasteiger partial charge in [0, 0.05) is 9.35 Å². The van der Waals surface area contributed by atoms with Crippen molar-refractivity contribution in [3.8, 4) is 0 Å². The molecule has 0 N–H and O–H groups in total. The van der Waals surface area contributed by atoms with Crippen molar-refractivity contribution in [2.24, 2.45) is 0 Å². The Morgan fingerprint density at radius 2 is 2.00 bits per heavy atom. The molecule has 0 aliphatic carbocycles. The van der Waals surface area contributed by atoms with E-state index in [4.69, 9.17) is 4.74 Å². The summed E-state index contributed by atoms with van der Waals surface area (Å²) in [5.74, 6) is 0. The van der Waals surface area contributed by atoms with E-state index in [1.54, 1.807) is 0 Å². The van der Waals surface area contributed by atoms with Gasteiger partial charge < -0.3 is 4.74 Å². The van der Waals surface area contributed by atoms with E-state index in [0.717, 1.165) is 21.2 Å². The van der Waals surface area contributed by atoms with Gasteiger partial charge >= 0.3 is 0 Å². The van der Waals surface area contributed by atoms with Gasteiger partial charge in [-0.15, -0.1) is 11.3 Å². The van der Waals surface area contributed by atoms with Crippen LogP contribution in [0.5, 0.6) is 0 Å². The van der Waals surface area contributed by atoms with E-state index in [2.05, 4.69) is 15.9 Å². The quantitative estimate of drug-likeness (QED) is 0.779. The van der Waals surface area contributed by atoms with Gasteiger partial charge in [-0.1, -0.05) is 30.3 Å². The zero-order valence-electron chi connectivity index (χ0n) is 9.06. The summed E-state index contributed by atoms with van der Waals surface area (Å²) in [6, 6.07) is 12.0. The Bertz CT molecular complexity index is 493. The van der Waals surface area contributed by atoms with E-state index in [1.807, 2.05) is 36.4 Å². The molecule has 0 atom stereocenters. The molecule has 1 heterocycles. The van der Waals surface area contributed by atoms with Crippen LogP contribution in [0.2, 0.25) is 0 Å². The highest BCUT2D eigenvalue weighted by atomic mass is 79.9. The second-order valence-electron chi connectivity index (χ2n) is 3.52. The molecular weight excluding hydrogens is 300 g/mol. The fourth-order valence-corrected chi connectivity index (χ4v) is 3.00. The first-order chi connectivity index (χ1) is 8.29. The highest BCUT2D eigenvalue weighted by molar-refractivity contribution is 9.10. The Kier molecular flexibility index (Phi) is 4.48. The van der Waals surface area contributed by atoms with Gasteiger partial charge in [0.25, 0.3) is 0 Å². The third-order valence-corrected chi connectivity index (χ3v) is 4.18. The number of hydrogen-bond donors (Lipinski definition) is 0. The molecule has 4 heteroatoms. The van der Waals surface area contributed by atoms with Crippen molar-refractivity contribution in [1.82, 2.24) is 0 Å². The molecule has 0 aliphatic rings. The molecule has 2 rings (SSSR count). The zero-order chi connectivity index (χ0) is 12.1. The Morgan fingerprint density at radius 1 is 1.24 bits per heavy atom. The summed E-state index contributed by atoms with van der Waals surface area (Å²) in [7, 11) is 0. The Balaban J connectivity index is 1.88. The van der Waals surface area contributed by atoms with Crippen molar-refractivity contribution in [1.29, 1.82) is 0 Å². The summed E-state index contributed by atoms with van der Waals surface area (Å²) in [5, 5.41) is 0. The summed E-state index contributed by atoms with van der Waals surface area (Å²) in [4.78, 5) is 12.4. The van der Waals surface area contributed by atoms with E-state index in [0.29, 0.717) is 18.1 Å². The van der Waals surface area contributed by atoms with Crippen LogP contribution in [0, 0.1) is 0 Å². The maximum absolute atomic E-state index is 10.7. The van der Waals surface area contributed by atoms with Crippen LogP contribution in [0.1, 0.15) is 20.1 Å². The highest BCUT2D eigenvalue weighted by Crippen LogP contribution is 2.26. The van der Waals surface area contributed by atoms with Gasteiger partial charge in [-0.3, -0.25) is 4.79 Å². The van der Waals surface area contributed by atoms with Crippen LogP contribution in [0.25, 0.3) is 0 Å². The van der Waals surface area contributed by atoms with Crippen molar-refractivity contribution in [3.63, 3.8) is 0 Å². The van der Waals surface area contributed by atoms with Crippen LogP contribution in [0.4, 0.5) is 0 Å². The SMILES string of the molecule is O=Cc1sc(COCc2ccccc2)cc1Br. The predicted octanol–water partition coefficient (Wildman–Crippen LogP) is 4.04. The molecule has 0 spiro atoms. The lowest BCUT2D eigenvalue weighted by Gasteiger charge is -2.01. The number of carbonyl (C=O) groups excluding carboxylic acids is 1. The summed E-state index contributed by atoms with van der Waals surface area (Å²) in [6.45, 7) is 1.12. The fourth-order valence-electron chi connectivity index (χ4n) is 1.43. The van der Waals surface area contributed by atoms with Gasteiger partial charge in [-0.25, -0.2) is 0 Å². The molecule has 0 unspecified atom stereocenters. The Hall–Kier alpha value is -0.970. The molecule has 0 amide bonds. The molecule has 0 fully saturated rings. The van der Waals surface area contributed by atoms with Crippen LogP contribution in [0.3, 0.4) is 0 Å². The maximum atomic E-state index is 10.7. The predicted molar refractivity (Wildman–Crippen MR) is 72.3 cm³/mol. The minimum Gasteiger partial charge on any atom is -0.371 e. The summed E-state index contributed by atoms with van der Waals surface area (Å²) in [6.07, 6.45) is 0.857. The lowest BCUT2D eigenvalue weighted by molar-refractivity contribution is 0.109. The van der Waals surface area contributed by atoms with Gasteiger partial charge in [-0.05, 0) is 27.6 Å². The number of ether oxygens (including phenoxy) is 1. The molecule has 2 nitrogen and oxygen atoms in total. The van der Waals surface area contributed by atoms with E-state index in [9.17, 15) is 4.79 Å². The number of aldehydes is 1. The molecule has 1 aromatic carbocycles. The lowest BCUT2D eigenvalue weighted by atomic mass is 10.2. The van der Waals surface area contributed by atoms with E-state index in [1.165, 1.54) is 11.3 Å². The van der Waals surface area contributed by atoms with Crippen molar-refractivity contribution in [2.45, 2.75) is 13.2 Å². The first-order valence-electron chi connectivity index (χ1n) is 5.14. The van der Waals surface area contributed by atoms with Gasteiger partial charge in [0.05, 0.1) is 18.1 Å². The van der Waals surface area contributed by atoms with Crippen LogP contribution in [-0.4, -0.2) is 6.29 Å².